The standard InChI is InChI=1S/C15H20N4O2/c20-14(15-8-16-6-12(15)2-4-21-9-15)19-3-1-13-11(7-19)5-17-10-18-13/h5,10,12,16H,1-4,6-9H2/t12-,15+/m1/s1. The van der Waals surface area contributed by atoms with Crippen LogP contribution < -0.4 is 5.32 Å². The Hall–Kier alpha value is -1.53. The van der Waals surface area contributed by atoms with Gasteiger partial charge in [-0.3, -0.25) is 4.79 Å². The lowest BCUT2D eigenvalue weighted by molar-refractivity contribution is -0.153. The third-order valence-electron chi connectivity index (χ3n) is 5.16. The van der Waals surface area contributed by atoms with Crippen LogP contribution in [0.2, 0.25) is 0 Å². The number of aromatic nitrogens is 2. The Morgan fingerprint density at radius 2 is 2.48 bits per heavy atom. The Labute approximate surface area is 123 Å². The number of rotatable bonds is 1. The minimum atomic E-state index is -0.356. The molecule has 0 saturated carbocycles. The second-order valence-corrected chi connectivity index (χ2v) is 6.30. The van der Waals surface area contributed by atoms with Crippen molar-refractivity contribution in [2.45, 2.75) is 19.4 Å². The Bertz CT molecular complexity index is 564. The molecule has 0 unspecified atom stereocenters. The van der Waals surface area contributed by atoms with Gasteiger partial charge in [0.2, 0.25) is 5.91 Å². The first-order valence-corrected chi connectivity index (χ1v) is 7.65. The van der Waals surface area contributed by atoms with Gasteiger partial charge >= 0.3 is 0 Å². The van der Waals surface area contributed by atoms with E-state index in [2.05, 4.69) is 15.3 Å². The van der Waals surface area contributed by atoms with E-state index in [-0.39, 0.29) is 11.3 Å². The van der Waals surface area contributed by atoms with Crippen molar-refractivity contribution in [3.05, 3.63) is 23.8 Å². The normalized spacial score (nSPS) is 31.6. The van der Waals surface area contributed by atoms with Gasteiger partial charge in [0.05, 0.1) is 17.7 Å². The van der Waals surface area contributed by atoms with Crippen molar-refractivity contribution in [1.82, 2.24) is 20.2 Å². The van der Waals surface area contributed by atoms with Gasteiger partial charge in [0.15, 0.2) is 0 Å². The predicted octanol–water partition coefficient (Wildman–Crippen LogP) is -0.0126. The predicted molar refractivity (Wildman–Crippen MR) is 75.4 cm³/mol. The quantitative estimate of drug-likeness (QED) is 0.787. The Morgan fingerprint density at radius 1 is 1.52 bits per heavy atom. The van der Waals surface area contributed by atoms with Gasteiger partial charge < -0.3 is 15.0 Å². The molecule has 2 saturated heterocycles. The maximum absolute atomic E-state index is 13.1. The largest absolute Gasteiger partial charge is 0.380 e. The highest BCUT2D eigenvalue weighted by Gasteiger charge is 2.52. The zero-order valence-electron chi connectivity index (χ0n) is 12.0. The molecule has 3 aliphatic rings. The number of nitrogens with one attached hydrogen (secondary N) is 1. The smallest absolute Gasteiger partial charge is 0.233 e. The maximum atomic E-state index is 13.1. The van der Waals surface area contributed by atoms with Gasteiger partial charge in [0.25, 0.3) is 0 Å². The number of hydrogen-bond acceptors (Lipinski definition) is 5. The van der Waals surface area contributed by atoms with Crippen LogP contribution in [0.4, 0.5) is 0 Å². The van der Waals surface area contributed by atoms with E-state index in [9.17, 15) is 4.79 Å². The van der Waals surface area contributed by atoms with E-state index in [0.717, 1.165) is 50.3 Å². The van der Waals surface area contributed by atoms with Crippen LogP contribution in [0, 0.1) is 11.3 Å². The van der Waals surface area contributed by atoms with E-state index in [4.69, 9.17) is 4.74 Å². The summed E-state index contributed by atoms with van der Waals surface area (Å²) in [5.41, 5.74) is 1.80. The molecule has 2 fully saturated rings. The van der Waals surface area contributed by atoms with Crippen LogP contribution in [-0.2, 0) is 22.5 Å². The average Bonchev–Trinajstić information content (AvgIpc) is 2.99. The van der Waals surface area contributed by atoms with Crippen LogP contribution in [0.5, 0.6) is 0 Å². The third-order valence-corrected chi connectivity index (χ3v) is 5.16. The molecule has 4 heterocycles. The van der Waals surface area contributed by atoms with Crippen molar-refractivity contribution in [3.8, 4) is 0 Å². The molecule has 1 amide bonds. The molecule has 1 aromatic rings. The number of fused-ring (bicyclic) bond motifs is 2. The average molecular weight is 288 g/mol. The van der Waals surface area contributed by atoms with Crippen LogP contribution in [0.1, 0.15) is 17.7 Å². The summed E-state index contributed by atoms with van der Waals surface area (Å²) < 4.78 is 5.66. The Balaban J connectivity index is 1.58. The number of ether oxygens (including phenoxy) is 1. The summed E-state index contributed by atoms with van der Waals surface area (Å²) in [6, 6.07) is 0. The lowest BCUT2D eigenvalue weighted by Gasteiger charge is -2.41. The first-order chi connectivity index (χ1) is 10.3. The van der Waals surface area contributed by atoms with Gasteiger partial charge in [-0.25, -0.2) is 9.97 Å². The second-order valence-electron chi connectivity index (χ2n) is 6.30. The molecule has 1 N–H and O–H groups in total. The van der Waals surface area contributed by atoms with Gasteiger partial charge in [0, 0.05) is 44.4 Å². The number of hydrogen-bond donors (Lipinski definition) is 1. The first kappa shape index (κ1) is 13.2. The molecule has 21 heavy (non-hydrogen) atoms. The van der Waals surface area contributed by atoms with Crippen LogP contribution in [0.15, 0.2) is 12.5 Å². The molecule has 112 valence electrons. The fourth-order valence-electron chi connectivity index (χ4n) is 3.90. The molecule has 3 aliphatic heterocycles. The van der Waals surface area contributed by atoms with E-state index < -0.39 is 0 Å². The van der Waals surface area contributed by atoms with Crippen molar-refractivity contribution in [2.24, 2.45) is 11.3 Å². The van der Waals surface area contributed by atoms with Crippen LogP contribution in [0.25, 0.3) is 0 Å². The first-order valence-electron chi connectivity index (χ1n) is 7.65. The van der Waals surface area contributed by atoms with Crippen LogP contribution in [-0.4, -0.2) is 53.6 Å². The molecular formula is C15H20N4O2. The fourth-order valence-corrected chi connectivity index (χ4v) is 3.90. The lowest BCUT2D eigenvalue weighted by Crippen LogP contribution is -2.54. The van der Waals surface area contributed by atoms with Crippen molar-refractivity contribution in [1.29, 1.82) is 0 Å². The third kappa shape index (κ3) is 2.05. The fraction of sp³-hybridized carbons (Fsp3) is 0.667. The molecule has 6 nitrogen and oxygen atoms in total. The highest BCUT2D eigenvalue weighted by Crippen LogP contribution is 2.40. The van der Waals surface area contributed by atoms with Crippen molar-refractivity contribution < 1.29 is 9.53 Å². The molecule has 6 heteroatoms. The summed E-state index contributed by atoms with van der Waals surface area (Å²) in [4.78, 5) is 23.5. The summed E-state index contributed by atoms with van der Waals surface area (Å²) in [5.74, 6) is 0.652. The lowest BCUT2D eigenvalue weighted by atomic mass is 9.74. The SMILES string of the molecule is O=C(N1CCc2ncncc2C1)[C@]12CNC[C@H]1CCOC2. The van der Waals surface area contributed by atoms with E-state index in [1.165, 1.54) is 0 Å². The second kappa shape index (κ2) is 5.03. The van der Waals surface area contributed by atoms with Crippen LogP contribution >= 0.6 is 0 Å². The zero-order valence-corrected chi connectivity index (χ0v) is 12.0. The summed E-state index contributed by atoms with van der Waals surface area (Å²) in [7, 11) is 0. The van der Waals surface area contributed by atoms with Gasteiger partial charge in [-0.05, 0) is 18.9 Å². The number of amides is 1. The summed E-state index contributed by atoms with van der Waals surface area (Å²) in [5, 5.41) is 3.39. The minimum Gasteiger partial charge on any atom is -0.380 e. The van der Waals surface area contributed by atoms with Gasteiger partial charge in [-0.2, -0.15) is 0 Å². The van der Waals surface area contributed by atoms with Crippen molar-refractivity contribution in [2.75, 3.05) is 32.8 Å². The maximum Gasteiger partial charge on any atom is 0.233 e. The van der Waals surface area contributed by atoms with Gasteiger partial charge in [-0.15, -0.1) is 0 Å². The molecule has 4 rings (SSSR count). The van der Waals surface area contributed by atoms with Gasteiger partial charge in [-0.1, -0.05) is 0 Å². The zero-order chi connectivity index (χ0) is 14.3. The minimum absolute atomic E-state index is 0.242. The summed E-state index contributed by atoms with van der Waals surface area (Å²) >= 11 is 0. The Morgan fingerprint density at radius 3 is 3.43 bits per heavy atom. The molecule has 0 bridgehead atoms. The van der Waals surface area contributed by atoms with Crippen molar-refractivity contribution in [3.63, 3.8) is 0 Å². The molecule has 0 radical (unpaired) electrons. The van der Waals surface area contributed by atoms with E-state index in [0.29, 0.717) is 19.1 Å². The number of nitrogens with zero attached hydrogens (tertiary/aromatic N) is 3. The van der Waals surface area contributed by atoms with Gasteiger partial charge in [0.1, 0.15) is 6.33 Å². The Kier molecular flexibility index (Phi) is 3.15. The highest BCUT2D eigenvalue weighted by atomic mass is 16.5. The summed E-state index contributed by atoms with van der Waals surface area (Å²) in [6.07, 6.45) is 5.22. The van der Waals surface area contributed by atoms with E-state index in [1.54, 1.807) is 6.33 Å². The van der Waals surface area contributed by atoms with Crippen molar-refractivity contribution >= 4 is 5.91 Å². The molecule has 2 atom stereocenters. The van der Waals surface area contributed by atoms with E-state index in [1.807, 2.05) is 11.1 Å². The molecule has 0 aliphatic carbocycles. The molecule has 0 aromatic carbocycles. The number of carbonyl (C=O) groups is 1. The highest BCUT2D eigenvalue weighted by molar-refractivity contribution is 5.84. The van der Waals surface area contributed by atoms with E-state index >= 15 is 0 Å². The molecule has 0 spiro atoms. The summed E-state index contributed by atoms with van der Waals surface area (Å²) in [6.45, 7) is 4.38. The molecule has 1 aromatic heterocycles. The monoisotopic (exact) mass is 288 g/mol. The number of carbonyl (C=O) groups excluding carboxylic acids is 1. The molecular weight excluding hydrogens is 268 g/mol. The topological polar surface area (TPSA) is 67.4 Å². The van der Waals surface area contributed by atoms with Crippen LogP contribution in [0.3, 0.4) is 0 Å².